The standard InChI is InChI=1S/C18H26O2.C13H20/c1-4-8-17-10-18(11-17,12-17)15-9-14(7-6-13(15)3)16(19)20-5-2;1-4-6-12-8-13(9-12,10-12)7-11(3)5-2/h6,9,15H,4-5,7-8,10-12H2,1-3H3;5,7H,2,4,6,8-10H2,1,3H3/b;11-7+. The van der Waals surface area contributed by atoms with Crippen LogP contribution in [0.3, 0.4) is 0 Å². The Balaban J connectivity index is 0.000000172. The fourth-order valence-corrected chi connectivity index (χ4v) is 8.62. The molecule has 0 saturated heterocycles. The van der Waals surface area contributed by atoms with Gasteiger partial charge in [-0.15, -0.1) is 0 Å². The molecule has 0 radical (unpaired) electrons. The maximum atomic E-state index is 11.9. The smallest absolute Gasteiger partial charge is 0.334 e. The highest BCUT2D eigenvalue weighted by atomic mass is 16.5. The Kier molecular flexibility index (Phi) is 6.62. The zero-order valence-corrected chi connectivity index (χ0v) is 21.9. The molecule has 2 nitrogen and oxygen atoms in total. The summed E-state index contributed by atoms with van der Waals surface area (Å²) in [6, 6.07) is 0. The first-order valence-electron chi connectivity index (χ1n) is 13.5. The third kappa shape index (κ3) is 4.32. The van der Waals surface area contributed by atoms with Gasteiger partial charge >= 0.3 is 5.97 Å². The first-order valence-corrected chi connectivity index (χ1v) is 13.5. The highest BCUT2D eigenvalue weighted by Crippen LogP contribution is 2.79. The lowest BCUT2D eigenvalue weighted by Gasteiger charge is -2.74. The molecule has 182 valence electrons. The lowest BCUT2D eigenvalue weighted by molar-refractivity contribution is -0.224. The SMILES string of the molecule is C=C/C(C)=C/C12CC(CCC)(C1)C2.CCCC12CC(C3C=C(C(=O)OCC)CC=C3C)(C1)C2. The molecular weight excluding hydrogens is 404 g/mol. The van der Waals surface area contributed by atoms with Gasteiger partial charge in [-0.25, -0.2) is 4.79 Å². The lowest BCUT2D eigenvalue weighted by Crippen LogP contribution is -2.64. The molecule has 0 aliphatic heterocycles. The van der Waals surface area contributed by atoms with Gasteiger partial charge < -0.3 is 4.74 Å². The van der Waals surface area contributed by atoms with E-state index in [0.29, 0.717) is 28.8 Å². The van der Waals surface area contributed by atoms with Gasteiger partial charge in [-0.05, 0) is 100 Å². The van der Waals surface area contributed by atoms with E-state index in [1.807, 2.05) is 13.0 Å². The van der Waals surface area contributed by atoms with Gasteiger partial charge in [0.1, 0.15) is 0 Å². The highest BCUT2D eigenvalue weighted by molar-refractivity contribution is 5.89. The monoisotopic (exact) mass is 450 g/mol. The average Bonchev–Trinajstić information content (AvgIpc) is 2.68. The summed E-state index contributed by atoms with van der Waals surface area (Å²) in [7, 11) is 0. The van der Waals surface area contributed by atoms with Crippen molar-refractivity contribution < 1.29 is 9.53 Å². The van der Waals surface area contributed by atoms with Gasteiger partial charge in [0.2, 0.25) is 0 Å². The van der Waals surface area contributed by atoms with Gasteiger partial charge in [0.15, 0.2) is 0 Å². The molecule has 7 rings (SSSR count). The van der Waals surface area contributed by atoms with Crippen LogP contribution in [0, 0.1) is 27.6 Å². The molecule has 0 N–H and O–H groups in total. The second-order valence-electron chi connectivity index (χ2n) is 12.4. The highest BCUT2D eigenvalue weighted by Gasteiger charge is 2.69. The molecule has 6 saturated carbocycles. The van der Waals surface area contributed by atoms with Crippen LogP contribution in [-0.2, 0) is 9.53 Å². The minimum absolute atomic E-state index is 0.115. The predicted molar refractivity (Wildman–Crippen MR) is 138 cm³/mol. The van der Waals surface area contributed by atoms with E-state index in [1.165, 1.54) is 75.4 Å². The Morgan fingerprint density at radius 3 is 2.15 bits per heavy atom. The van der Waals surface area contributed by atoms with Gasteiger partial charge in [0.25, 0.3) is 0 Å². The van der Waals surface area contributed by atoms with Crippen molar-refractivity contribution in [2.45, 2.75) is 105 Å². The molecule has 2 heteroatoms. The molecule has 33 heavy (non-hydrogen) atoms. The van der Waals surface area contributed by atoms with Gasteiger partial charge in [0.05, 0.1) is 6.61 Å². The Morgan fingerprint density at radius 1 is 1.06 bits per heavy atom. The third-order valence-electron chi connectivity index (χ3n) is 9.48. The number of rotatable bonds is 9. The molecular formula is C31H46O2. The van der Waals surface area contributed by atoms with Crippen molar-refractivity contribution in [3.05, 3.63) is 47.6 Å². The lowest BCUT2D eigenvalue weighted by atomic mass is 9.30. The minimum atomic E-state index is -0.115. The molecule has 0 spiro atoms. The largest absolute Gasteiger partial charge is 0.463 e. The van der Waals surface area contributed by atoms with Crippen LogP contribution in [0.15, 0.2) is 47.6 Å². The summed E-state index contributed by atoms with van der Waals surface area (Å²) in [6.07, 6.45) is 23.6. The molecule has 1 unspecified atom stereocenters. The number of hydrogen-bond donors (Lipinski definition) is 0. The first-order chi connectivity index (χ1) is 15.7. The summed E-state index contributed by atoms with van der Waals surface area (Å²) in [5.74, 6) is 0.366. The maximum absolute atomic E-state index is 11.9. The zero-order chi connectivity index (χ0) is 23.9. The zero-order valence-electron chi connectivity index (χ0n) is 21.9. The van der Waals surface area contributed by atoms with E-state index in [4.69, 9.17) is 4.74 Å². The van der Waals surface area contributed by atoms with E-state index in [9.17, 15) is 4.79 Å². The van der Waals surface area contributed by atoms with Crippen LogP contribution < -0.4 is 0 Å². The van der Waals surface area contributed by atoms with Crippen LogP contribution in [0.4, 0.5) is 0 Å². The average molecular weight is 451 g/mol. The number of carbonyl (C=O) groups is 1. The number of allylic oxidation sites excluding steroid dienone is 6. The van der Waals surface area contributed by atoms with Crippen LogP contribution in [-0.4, -0.2) is 12.6 Å². The Labute approximate surface area is 202 Å². The fraction of sp³-hybridized carbons (Fsp3) is 0.710. The number of esters is 1. The minimum Gasteiger partial charge on any atom is -0.463 e. The quantitative estimate of drug-likeness (QED) is 0.200. The summed E-state index contributed by atoms with van der Waals surface area (Å²) in [5.41, 5.74) is 6.25. The van der Waals surface area contributed by atoms with Gasteiger partial charge in [-0.2, -0.15) is 0 Å². The van der Waals surface area contributed by atoms with Crippen LogP contribution in [0.25, 0.3) is 0 Å². The second-order valence-corrected chi connectivity index (χ2v) is 12.4. The van der Waals surface area contributed by atoms with Crippen molar-refractivity contribution in [1.82, 2.24) is 0 Å². The molecule has 0 aromatic heterocycles. The molecule has 7 aliphatic carbocycles. The summed E-state index contributed by atoms with van der Waals surface area (Å²) < 4.78 is 5.16. The van der Waals surface area contributed by atoms with Crippen molar-refractivity contribution in [3.63, 3.8) is 0 Å². The summed E-state index contributed by atoms with van der Waals surface area (Å²) in [5, 5.41) is 0. The second kappa shape index (κ2) is 8.90. The molecule has 7 aliphatic rings. The van der Waals surface area contributed by atoms with Crippen molar-refractivity contribution in [2.75, 3.05) is 6.61 Å². The third-order valence-corrected chi connectivity index (χ3v) is 9.48. The van der Waals surface area contributed by atoms with Crippen LogP contribution in [0.1, 0.15) is 105 Å². The van der Waals surface area contributed by atoms with Crippen molar-refractivity contribution >= 4 is 5.97 Å². The summed E-state index contributed by atoms with van der Waals surface area (Å²) in [6.45, 7) is 15.1. The molecule has 6 fully saturated rings. The van der Waals surface area contributed by atoms with Gasteiger partial charge in [-0.1, -0.05) is 68.7 Å². The Hall–Kier alpha value is -1.57. The van der Waals surface area contributed by atoms with Crippen molar-refractivity contribution in [1.29, 1.82) is 0 Å². The molecule has 0 aromatic carbocycles. The fourth-order valence-electron chi connectivity index (χ4n) is 8.62. The molecule has 4 bridgehead atoms. The number of hydrogen-bond acceptors (Lipinski definition) is 2. The van der Waals surface area contributed by atoms with Crippen LogP contribution in [0.2, 0.25) is 0 Å². The Morgan fingerprint density at radius 2 is 1.64 bits per heavy atom. The van der Waals surface area contributed by atoms with E-state index in [2.05, 4.69) is 52.5 Å². The number of carbonyl (C=O) groups excluding carboxylic acids is 1. The Bertz CT molecular complexity index is 843. The van der Waals surface area contributed by atoms with Crippen LogP contribution in [0.5, 0.6) is 0 Å². The molecule has 0 heterocycles. The van der Waals surface area contributed by atoms with E-state index < -0.39 is 0 Å². The van der Waals surface area contributed by atoms with Crippen molar-refractivity contribution in [2.24, 2.45) is 27.6 Å². The first kappa shape index (κ1) is 24.6. The topological polar surface area (TPSA) is 26.3 Å². The normalized spacial score (nSPS) is 39.8. The van der Waals surface area contributed by atoms with E-state index in [0.717, 1.165) is 17.4 Å². The summed E-state index contributed by atoms with van der Waals surface area (Å²) >= 11 is 0. The van der Waals surface area contributed by atoms with Crippen molar-refractivity contribution in [3.8, 4) is 0 Å². The molecule has 0 aromatic rings. The van der Waals surface area contributed by atoms with E-state index >= 15 is 0 Å². The van der Waals surface area contributed by atoms with Crippen LogP contribution >= 0.6 is 0 Å². The van der Waals surface area contributed by atoms with E-state index in [1.54, 1.807) is 0 Å². The maximum Gasteiger partial charge on any atom is 0.334 e. The molecule has 0 amide bonds. The molecule has 1 atom stereocenters. The van der Waals surface area contributed by atoms with Gasteiger partial charge in [0, 0.05) is 11.5 Å². The van der Waals surface area contributed by atoms with Gasteiger partial charge in [-0.3, -0.25) is 0 Å². The number of ether oxygens (including phenoxy) is 1. The predicted octanol–water partition coefficient (Wildman–Crippen LogP) is 8.50. The summed E-state index contributed by atoms with van der Waals surface area (Å²) in [4.78, 5) is 11.9. The van der Waals surface area contributed by atoms with E-state index in [-0.39, 0.29) is 5.97 Å².